The third-order valence-corrected chi connectivity index (χ3v) is 7.30. The maximum atomic E-state index is 11.7. The second-order valence-corrected chi connectivity index (χ2v) is 9.92. The number of rotatable bonds is 14. The van der Waals surface area contributed by atoms with Gasteiger partial charge in [-0.3, -0.25) is 0 Å². The number of aromatic nitrogens is 1. The van der Waals surface area contributed by atoms with Crippen LogP contribution in [0.5, 0.6) is 5.95 Å². The SMILES string of the molecule is CCCCCCCCCCCCC1C=CC(Oc2ccc(C(=O)OC)o2)=c2[nH]c3c(c21)CCCC=3. The molecule has 2 aromatic heterocycles. The van der Waals surface area contributed by atoms with E-state index in [0.29, 0.717) is 11.9 Å². The van der Waals surface area contributed by atoms with Crippen LogP contribution in [0.4, 0.5) is 0 Å². The van der Waals surface area contributed by atoms with Gasteiger partial charge in [-0.05, 0) is 49.0 Å². The molecule has 0 radical (unpaired) electrons. The molecule has 1 N–H and O–H groups in total. The van der Waals surface area contributed by atoms with Gasteiger partial charge in [0.15, 0.2) is 5.76 Å². The quantitative estimate of drug-likeness (QED) is 0.243. The number of aromatic amines is 1. The minimum absolute atomic E-state index is 0.140. The fraction of sp³-hybridized carbons (Fsp3) is 0.567. The van der Waals surface area contributed by atoms with Crippen LogP contribution >= 0.6 is 0 Å². The first-order chi connectivity index (χ1) is 17.2. The van der Waals surface area contributed by atoms with Gasteiger partial charge in [-0.25, -0.2) is 4.79 Å². The zero-order chi connectivity index (χ0) is 24.5. The second kappa shape index (κ2) is 12.9. The zero-order valence-electron chi connectivity index (χ0n) is 21.5. The van der Waals surface area contributed by atoms with Crippen molar-refractivity contribution in [2.75, 3.05) is 7.11 Å². The highest BCUT2D eigenvalue weighted by Gasteiger charge is 2.24. The minimum Gasteiger partial charge on any atom is -0.463 e. The Bertz CT molecular complexity index is 1120. The molecule has 190 valence electrons. The van der Waals surface area contributed by atoms with Crippen molar-refractivity contribution in [3.8, 4) is 5.95 Å². The number of hydrogen-bond donors (Lipinski definition) is 1. The summed E-state index contributed by atoms with van der Waals surface area (Å²) in [5, 5.41) is 2.30. The normalized spacial score (nSPS) is 16.5. The predicted octanol–water partition coefficient (Wildman–Crippen LogP) is 6.66. The van der Waals surface area contributed by atoms with Crippen molar-refractivity contribution in [3.63, 3.8) is 0 Å². The van der Waals surface area contributed by atoms with Crippen LogP contribution in [-0.2, 0) is 11.2 Å². The molecule has 2 aliphatic rings. The van der Waals surface area contributed by atoms with Crippen molar-refractivity contribution >= 4 is 17.8 Å². The molecule has 0 aliphatic heterocycles. The highest BCUT2D eigenvalue weighted by molar-refractivity contribution is 5.86. The fourth-order valence-corrected chi connectivity index (χ4v) is 5.40. The highest BCUT2D eigenvalue weighted by Crippen LogP contribution is 2.30. The summed E-state index contributed by atoms with van der Waals surface area (Å²) in [6, 6.07) is 3.24. The van der Waals surface area contributed by atoms with Crippen LogP contribution in [0.15, 0.2) is 28.7 Å². The van der Waals surface area contributed by atoms with Gasteiger partial charge in [0.25, 0.3) is 5.95 Å². The van der Waals surface area contributed by atoms with Crippen LogP contribution in [0.3, 0.4) is 0 Å². The monoisotopic (exact) mass is 479 g/mol. The van der Waals surface area contributed by atoms with Crippen molar-refractivity contribution in [2.24, 2.45) is 0 Å². The van der Waals surface area contributed by atoms with E-state index in [4.69, 9.17) is 13.9 Å². The first-order valence-corrected chi connectivity index (χ1v) is 13.7. The summed E-state index contributed by atoms with van der Waals surface area (Å²) in [4.78, 5) is 15.4. The standard InChI is InChI=1S/C30H41NO4/c1-3-4-5-6-7-8-9-10-11-12-15-22-18-19-25(34-27-21-20-26(35-27)30(32)33-2)29-28(22)23-16-13-14-17-24(23)31-29/h17-22,31H,3-16H2,1-2H3. The van der Waals surface area contributed by atoms with E-state index >= 15 is 0 Å². The topological polar surface area (TPSA) is 64.5 Å². The lowest BCUT2D eigenvalue weighted by molar-refractivity contribution is 0.0560. The van der Waals surface area contributed by atoms with Gasteiger partial charge in [-0.15, -0.1) is 0 Å². The number of carbonyl (C=O) groups is 1. The molecule has 0 aromatic carbocycles. The van der Waals surface area contributed by atoms with Crippen LogP contribution in [0.2, 0.25) is 0 Å². The smallest absolute Gasteiger partial charge is 0.374 e. The van der Waals surface area contributed by atoms with E-state index in [2.05, 4.69) is 30.1 Å². The van der Waals surface area contributed by atoms with Crippen molar-refractivity contribution in [2.45, 2.75) is 103 Å². The van der Waals surface area contributed by atoms with E-state index in [0.717, 1.165) is 23.9 Å². The number of ether oxygens (including phenoxy) is 2. The lowest BCUT2D eigenvalue weighted by Crippen LogP contribution is -2.22. The van der Waals surface area contributed by atoms with Gasteiger partial charge in [0.05, 0.1) is 12.5 Å². The Balaban J connectivity index is 1.39. The van der Waals surface area contributed by atoms with Gasteiger partial charge in [0, 0.05) is 17.3 Å². The second-order valence-electron chi connectivity index (χ2n) is 9.92. The average Bonchev–Trinajstić information content (AvgIpc) is 3.51. The Labute approximate surface area is 209 Å². The number of hydrogen-bond acceptors (Lipinski definition) is 4. The molecule has 5 heteroatoms. The maximum absolute atomic E-state index is 11.7. The molecule has 0 fully saturated rings. The Morgan fingerprint density at radius 3 is 2.54 bits per heavy atom. The van der Waals surface area contributed by atoms with E-state index in [-0.39, 0.29) is 5.76 Å². The number of furan rings is 1. The Hall–Kier alpha value is -2.69. The lowest BCUT2D eigenvalue weighted by Gasteiger charge is -2.19. The third kappa shape index (κ3) is 6.50. The first-order valence-electron chi connectivity index (χ1n) is 13.7. The molecular weight excluding hydrogens is 438 g/mol. The number of nitrogens with one attached hydrogen (secondary N) is 1. The minimum atomic E-state index is -0.508. The largest absolute Gasteiger partial charge is 0.463 e. The van der Waals surface area contributed by atoms with E-state index in [1.54, 1.807) is 12.1 Å². The lowest BCUT2D eigenvalue weighted by atomic mass is 9.86. The van der Waals surface area contributed by atoms with Gasteiger partial charge in [-0.1, -0.05) is 83.3 Å². The molecule has 5 nitrogen and oxygen atoms in total. The van der Waals surface area contributed by atoms with E-state index in [1.807, 2.05) is 0 Å². The summed E-state index contributed by atoms with van der Waals surface area (Å²) in [6.45, 7) is 2.28. The molecule has 0 spiro atoms. The molecule has 2 aromatic rings. The van der Waals surface area contributed by atoms with Crippen LogP contribution < -0.4 is 15.4 Å². The Morgan fingerprint density at radius 2 is 1.80 bits per heavy atom. The third-order valence-electron chi connectivity index (χ3n) is 7.30. The Morgan fingerprint density at radius 1 is 1.06 bits per heavy atom. The number of unbranched alkanes of at least 4 members (excludes halogenated alkanes) is 9. The van der Waals surface area contributed by atoms with Gasteiger partial charge in [0.1, 0.15) is 0 Å². The van der Waals surface area contributed by atoms with E-state index < -0.39 is 5.97 Å². The summed E-state index contributed by atoms with van der Waals surface area (Å²) in [5.74, 6) is 1.08. The van der Waals surface area contributed by atoms with Crippen LogP contribution in [0.1, 0.15) is 118 Å². The van der Waals surface area contributed by atoms with Crippen LogP contribution in [0.25, 0.3) is 11.8 Å². The van der Waals surface area contributed by atoms with E-state index in [1.165, 1.54) is 101 Å². The molecule has 2 heterocycles. The van der Waals surface area contributed by atoms with E-state index in [9.17, 15) is 4.79 Å². The fourth-order valence-electron chi connectivity index (χ4n) is 5.40. The number of fused-ring (bicyclic) bond motifs is 3. The Kier molecular flexibility index (Phi) is 9.33. The molecule has 0 saturated heterocycles. The summed E-state index contributed by atoms with van der Waals surface area (Å²) >= 11 is 0. The van der Waals surface area contributed by atoms with Crippen molar-refractivity contribution in [3.05, 3.63) is 51.9 Å². The van der Waals surface area contributed by atoms with Gasteiger partial charge in [-0.2, -0.15) is 0 Å². The first kappa shape index (κ1) is 25.4. The molecular formula is C30H41NO4. The average molecular weight is 480 g/mol. The summed E-state index contributed by atoms with van der Waals surface area (Å²) in [7, 11) is 1.34. The molecule has 2 aliphatic carbocycles. The number of allylic oxidation sites excluding steroid dienone is 1. The predicted molar refractivity (Wildman–Crippen MR) is 140 cm³/mol. The number of methoxy groups -OCH3 is 1. The number of esters is 1. The molecule has 4 rings (SSSR count). The molecule has 1 unspecified atom stereocenters. The maximum Gasteiger partial charge on any atom is 0.374 e. The number of H-pyrrole nitrogens is 1. The molecule has 0 amide bonds. The van der Waals surface area contributed by atoms with Gasteiger partial charge in [0.2, 0.25) is 5.76 Å². The molecule has 1 atom stereocenters. The summed E-state index contributed by atoms with van der Waals surface area (Å²) in [6.07, 6.45) is 24.8. The molecule has 35 heavy (non-hydrogen) atoms. The summed E-state index contributed by atoms with van der Waals surface area (Å²) < 4.78 is 16.4. The van der Waals surface area contributed by atoms with Crippen molar-refractivity contribution in [1.29, 1.82) is 0 Å². The number of carbonyl (C=O) groups excluding carboxylic acids is 1. The van der Waals surface area contributed by atoms with Crippen molar-refractivity contribution < 1.29 is 18.7 Å². The van der Waals surface area contributed by atoms with Gasteiger partial charge < -0.3 is 18.9 Å². The molecule has 0 saturated carbocycles. The summed E-state index contributed by atoms with van der Waals surface area (Å²) in [5.41, 5.74) is 2.84. The zero-order valence-corrected chi connectivity index (χ0v) is 21.5. The highest BCUT2D eigenvalue weighted by atomic mass is 16.6. The van der Waals surface area contributed by atoms with Crippen LogP contribution in [0, 0.1) is 0 Å². The molecule has 0 bridgehead atoms. The van der Waals surface area contributed by atoms with Crippen molar-refractivity contribution in [1.82, 2.24) is 4.98 Å². The van der Waals surface area contributed by atoms with Gasteiger partial charge >= 0.3 is 5.97 Å². The van der Waals surface area contributed by atoms with Crippen LogP contribution in [-0.4, -0.2) is 18.1 Å².